The van der Waals surface area contributed by atoms with E-state index in [0.29, 0.717) is 32.0 Å². The van der Waals surface area contributed by atoms with Crippen molar-refractivity contribution < 1.29 is 13.2 Å². The molecule has 0 aromatic heterocycles. The van der Waals surface area contributed by atoms with E-state index in [1.54, 1.807) is 14.1 Å². The van der Waals surface area contributed by atoms with E-state index < -0.39 is 10.2 Å². The Morgan fingerprint density at radius 3 is 2.27 bits per heavy atom. The fraction of sp³-hybridized carbons (Fsp3) is 0.933. The fourth-order valence-corrected chi connectivity index (χ4v) is 4.65. The van der Waals surface area contributed by atoms with Crippen LogP contribution in [0.25, 0.3) is 0 Å². The number of hydrogen-bond acceptors (Lipinski definition) is 3. The van der Waals surface area contributed by atoms with Crippen LogP contribution in [0.4, 0.5) is 0 Å². The minimum absolute atomic E-state index is 0.0132. The number of carbonyl (C=O) groups is 1. The molecular weight excluding hydrogens is 302 g/mol. The lowest BCUT2D eigenvalue weighted by molar-refractivity contribution is -0.140. The van der Waals surface area contributed by atoms with Crippen LogP contribution in [0.2, 0.25) is 0 Å². The van der Waals surface area contributed by atoms with Crippen LogP contribution in [0.3, 0.4) is 0 Å². The summed E-state index contributed by atoms with van der Waals surface area (Å²) in [5.41, 5.74) is 0. The summed E-state index contributed by atoms with van der Waals surface area (Å²) in [6.45, 7) is 3.90. The van der Waals surface area contributed by atoms with E-state index in [1.807, 2.05) is 0 Å². The summed E-state index contributed by atoms with van der Waals surface area (Å²) in [7, 11) is -0.252. The molecule has 0 aromatic rings. The molecule has 22 heavy (non-hydrogen) atoms. The predicted octanol–water partition coefficient (Wildman–Crippen LogP) is 1.30. The smallest absolute Gasteiger partial charge is 0.281 e. The normalized spacial score (nSPS) is 25.6. The summed E-state index contributed by atoms with van der Waals surface area (Å²) in [5, 5.41) is 0. The molecule has 0 radical (unpaired) electrons. The molecule has 6 nitrogen and oxygen atoms in total. The van der Waals surface area contributed by atoms with Gasteiger partial charge in [0.05, 0.1) is 0 Å². The van der Waals surface area contributed by atoms with Crippen LogP contribution >= 0.6 is 0 Å². The van der Waals surface area contributed by atoms with Crippen molar-refractivity contribution >= 4 is 16.1 Å². The van der Waals surface area contributed by atoms with Gasteiger partial charge in [0.15, 0.2) is 0 Å². The third-order valence-electron chi connectivity index (χ3n) is 4.97. The fourth-order valence-electron chi connectivity index (χ4n) is 3.51. The number of hydrogen-bond donors (Lipinski definition) is 0. The van der Waals surface area contributed by atoms with Gasteiger partial charge < -0.3 is 4.90 Å². The molecule has 0 aliphatic carbocycles. The molecule has 2 rings (SSSR count). The Balaban J connectivity index is 1.95. The van der Waals surface area contributed by atoms with E-state index in [2.05, 4.69) is 11.8 Å². The van der Waals surface area contributed by atoms with Crippen LogP contribution in [0.5, 0.6) is 0 Å². The molecule has 0 aromatic carbocycles. The Morgan fingerprint density at radius 2 is 1.73 bits per heavy atom. The van der Waals surface area contributed by atoms with Crippen molar-refractivity contribution in [3.63, 3.8) is 0 Å². The van der Waals surface area contributed by atoms with Gasteiger partial charge in [-0.15, -0.1) is 0 Å². The van der Waals surface area contributed by atoms with Crippen molar-refractivity contribution in [2.75, 3.05) is 33.7 Å². The van der Waals surface area contributed by atoms with Gasteiger partial charge in [0, 0.05) is 45.7 Å². The van der Waals surface area contributed by atoms with E-state index in [0.717, 1.165) is 25.8 Å². The first-order chi connectivity index (χ1) is 10.4. The molecule has 0 N–H and O–H groups in total. The molecule has 2 heterocycles. The molecular formula is C15H29N3O3S. The summed E-state index contributed by atoms with van der Waals surface area (Å²) in [4.78, 5) is 14.8. The summed E-state index contributed by atoms with van der Waals surface area (Å²) < 4.78 is 27.0. The Kier molecular flexibility index (Phi) is 5.85. The molecule has 0 bridgehead atoms. The number of piperidine rings is 2. The Bertz CT molecular complexity index is 484. The van der Waals surface area contributed by atoms with Crippen molar-refractivity contribution in [2.45, 2.75) is 51.5 Å². The van der Waals surface area contributed by atoms with Crippen LogP contribution in [0.15, 0.2) is 0 Å². The topological polar surface area (TPSA) is 60.9 Å². The second-order valence-electron chi connectivity index (χ2n) is 6.55. The lowest BCUT2D eigenvalue weighted by atomic mass is 9.92. The lowest BCUT2D eigenvalue weighted by Gasteiger charge is -2.39. The van der Waals surface area contributed by atoms with E-state index in [9.17, 15) is 13.2 Å². The van der Waals surface area contributed by atoms with E-state index in [4.69, 9.17) is 0 Å². The minimum atomic E-state index is -3.35. The molecule has 1 amide bonds. The van der Waals surface area contributed by atoms with Crippen LogP contribution in [0.1, 0.15) is 45.4 Å². The number of amides is 1. The number of nitrogens with zero attached hydrogens (tertiary/aromatic N) is 3. The molecule has 1 unspecified atom stereocenters. The Hall–Kier alpha value is -0.660. The monoisotopic (exact) mass is 331 g/mol. The van der Waals surface area contributed by atoms with Crippen molar-refractivity contribution in [3.05, 3.63) is 0 Å². The van der Waals surface area contributed by atoms with Gasteiger partial charge in [-0.1, -0.05) is 6.92 Å². The van der Waals surface area contributed by atoms with E-state index in [-0.39, 0.29) is 11.8 Å². The molecule has 2 saturated heterocycles. The summed E-state index contributed by atoms with van der Waals surface area (Å²) in [6.07, 6.45) is 5.70. The van der Waals surface area contributed by atoms with E-state index >= 15 is 0 Å². The predicted molar refractivity (Wildman–Crippen MR) is 86.5 cm³/mol. The largest absolute Gasteiger partial charge is 0.339 e. The molecule has 128 valence electrons. The Labute approximate surface area is 134 Å². The highest BCUT2D eigenvalue weighted by Gasteiger charge is 2.35. The van der Waals surface area contributed by atoms with Crippen molar-refractivity contribution in [1.29, 1.82) is 0 Å². The van der Waals surface area contributed by atoms with Crippen molar-refractivity contribution in [1.82, 2.24) is 13.5 Å². The first kappa shape index (κ1) is 17.7. The molecule has 0 spiro atoms. The quantitative estimate of drug-likeness (QED) is 0.780. The zero-order valence-corrected chi connectivity index (χ0v) is 14.8. The van der Waals surface area contributed by atoms with Crippen molar-refractivity contribution in [3.8, 4) is 0 Å². The summed E-state index contributed by atoms with van der Waals surface area (Å²) in [6, 6.07) is 0.379. The highest BCUT2D eigenvalue weighted by Crippen LogP contribution is 2.27. The first-order valence-corrected chi connectivity index (χ1v) is 9.75. The van der Waals surface area contributed by atoms with Crippen LogP contribution < -0.4 is 0 Å². The third-order valence-corrected chi connectivity index (χ3v) is 6.91. The van der Waals surface area contributed by atoms with Crippen LogP contribution in [-0.2, 0) is 15.0 Å². The molecule has 0 saturated carbocycles. The highest BCUT2D eigenvalue weighted by molar-refractivity contribution is 7.86. The molecule has 7 heteroatoms. The average Bonchev–Trinajstić information content (AvgIpc) is 2.54. The van der Waals surface area contributed by atoms with Gasteiger partial charge in [-0.2, -0.15) is 17.0 Å². The second-order valence-corrected chi connectivity index (χ2v) is 8.70. The molecule has 1 atom stereocenters. The van der Waals surface area contributed by atoms with Crippen LogP contribution in [0, 0.1) is 5.92 Å². The highest BCUT2D eigenvalue weighted by atomic mass is 32.2. The zero-order chi connectivity index (χ0) is 16.3. The lowest BCUT2D eigenvalue weighted by Crippen LogP contribution is -2.50. The first-order valence-electron chi connectivity index (χ1n) is 8.36. The summed E-state index contributed by atoms with van der Waals surface area (Å²) in [5.74, 6) is 0.231. The molecule has 2 aliphatic rings. The van der Waals surface area contributed by atoms with Crippen LogP contribution in [-0.4, -0.2) is 67.6 Å². The summed E-state index contributed by atoms with van der Waals surface area (Å²) >= 11 is 0. The Morgan fingerprint density at radius 1 is 1.09 bits per heavy atom. The maximum absolute atomic E-state index is 12.8. The standard InChI is InChI=1S/C15H29N3O3S/c1-4-14-7-5-6-10-18(14)15(19)13-8-11-17(12-9-13)22(20,21)16(2)3/h13-14H,4-12H2,1-3H3. The van der Waals surface area contributed by atoms with Gasteiger partial charge in [0.2, 0.25) is 5.91 Å². The minimum Gasteiger partial charge on any atom is -0.339 e. The number of likely N-dealkylation sites (tertiary alicyclic amines) is 1. The molecule has 2 aliphatic heterocycles. The van der Waals surface area contributed by atoms with Gasteiger partial charge >= 0.3 is 0 Å². The van der Waals surface area contributed by atoms with Gasteiger partial charge in [-0.05, 0) is 38.5 Å². The van der Waals surface area contributed by atoms with Gasteiger partial charge in [0.1, 0.15) is 0 Å². The van der Waals surface area contributed by atoms with Crippen molar-refractivity contribution in [2.24, 2.45) is 5.92 Å². The number of rotatable bonds is 4. The van der Waals surface area contributed by atoms with E-state index in [1.165, 1.54) is 15.0 Å². The van der Waals surface area contributed by atoms with Gasteiger partial charge in [0.25, 0.3) is 10.2 Å². The average molecular weight is 331 g/mol. The van der Waals surface area contributed by atoms with Gasteiger partial charge in [-0.25, -0.2) is 0 Å². The number of carbonyl (C=O) groups excluding carboxylic acids is 1. The third kappa shape index (κ3) is 3.63. The second kappa shape index (κ2) is 7.27. The maximum Gasteiger partial charge on any atom is 0.281 e. The molecule has 2 fully saturated rings. The van der Waals surface area contributed by atoms with Gasteiger partial charge in [-0.3, -0.25) is 4.79 Å². The maximum atomic E-state index is 12.8. The SMILES string of the molecule is CCC1CCCCN1C(=O)C1CCN(S(=O)(=O)N(C)C)CC1. The zero-order valence-electron chi connectivity index (χ0n) is 14.0.